The zero-order valence-electron chi connectivity index (χ0n) is 10.0. The molecule has 0 atom stereocenters. The van der Waals surface area contributed by atoms with Crippen LogP contribution in [0.1, 0.15) is 16.7 Å². The Morgan fingerprint density at radius 3 is 1.41 bits per heavy atom. The van der Waals surface area contributed by atoms with E-state index in [1.165, 1.54) is 29.1 Å². The van der Waals surface area contributed by atoms with Gasteiger partial charge in [0.05, 0.1) is 0 Å². The first-order valence-electron chi connectivity index (χ1n) is 5.07. The van der Waals surface area contributed by atoms with Crippen LogP contribution in [0.2, 0.25) is 0 Å². The minimum atomic E-state index is -2.27. The number of hydrogen-bond acceptors (Lipinski definition) is 2. The van der Waals surface area contributed by atoms with Gasteiger partial charge in [-0.1, -0.05) is 34.9 Å². The van der Waals surface area contributed by atoms with Gasteiger partial charge in [0.1, 0.15) is 0 Å². The Hall–Kier alpha value is -1.75. The van der Waals surface area contributed by atoms with Crippen LogP contribution in [-0.4, -0.2) is 26.0 Å². The molecule has 2 rings (SSSR count). The molecular formula is C12H14N2O2S. The van der Waals surface area contributed by atoms with Crippen LogP contribution < -0.4 is 0 Å². The molecule has 0 radical (unpaired) electrons. The molecule has 1 aromatic rings. The number of rotatable bonds is 0. The van der Waals surface area contributed by atoms with E-state index in [0.717, 1.165) is 0 Å². The van der Waals surface area contributed by atoms with Crippen LogP contribution in [0.5, 0.6) is 0 Å². The monoisotopic (exact) mass is 250 g/mol. The fraction of sp³-hybridized carbons (Fsp3) is 0.250. The third-order valence-electron chi connectivity index (χ3n) is 1.95. The third-order valence-corrected chi connectivity index (χ3v) is 2.46. The van der Waals surface area contributed by atoms with Crippen molar-refractivity contribution in [2.24, 2.45) is 9.98 Å². The lowest BCUT2D eigenvalue weighted by Crippen LogP contribution is -1.82. The molecule has 0 unspecified atom stereocenters. The Bertz CT molecular complexity index is 526. The largest absolute Gasteiger partial charge is 0.275 e. The Labute approximate surface area is 102 Å². The van der Waals surface area contributed by atoms with E-state index in [1.54, 1.807) is 0 Å². The van der Waals surface area contributed by atoms with Gasteiger partial charge in [-0.2, -0.15) is 8.42 Å². The lowest BCUT2D eigenvalue weighted by atomic mass is 10.1. The number of aliphatic imine (C=N–C) groups is 2. The van der Waals surface area contributed by atoms with Gasteiger partial charge < -0.3 is 0 Å². The first kappa shape index (κ1) is 13.3. The fourth-order valence-electron chi connectivity index (χ4n) is 1.52. The van der Waals surface area contributed by atoms with Crippen molar-refractivity contribution in [1.29, 1.82) is 0 Å². The smallest absolute Gasteiger partial charge is 0.222 e. The summed E-state index contributed by atoms with van der Waals surface area (Å²) in [4.78, 5) is 6.78. The van der Waals surface area contributed by atoms with Crippen LogP contribution in [-0.2, 0) is 10.3 Å². The molecule has 1 aliphatic heterocycles. The number of nitrogens with zero attached hydrogens (tertiary/aromatic N) is 2. The Kier molecular flexibility index (Phi) is 4.78. The molecule has 1 aliphatic rings. The standard InChI is InChI=1S/C9H12.C3H2N2O2S/c1-7-4-8(2)6-9(3)5-7;6-8(7)3-4-1-2-5-3/h4-6H,1-3H3;1-2H. The fourth-order valence-corrected chi connectivity index (χ4v) is 1.81. The summed E-state index contributed by atoms with van der Waals surface area (Å²) in [5.41, 5.74) is 4.06. The Morgan fingerprint density at radius 1 is 0.824 bits per heavy atom. The average molecular weight is 250 g/mol. The van der Waals surface area contributed by atoms with E-state index in [0.29, 0.717) is 0 Å². The molecule has 0 aromatic heterocycles. The van der Waals surface area contributed by atoms with Crippen LogP contribution in [0.15, 0.2) is 28.2 Å². The number of hydrogen-bond donors (Lipinski definition) is 0. The molecule has 17 heavy (non-hydrogen) atoms. The maximum absolute atomic E-state index is 9.94. The second-order valence-electron chi connectivity index (χ2n) is 3.74. The number of benzene rings is 1. The molecule has 1 aromatic carbocycles. The highest BCUT2D eigenvalue weighted by Crippen LogP contribution is 2.06. The van der Waals surface area contributed by atoms with Crippen molar-refractivity contribution in [2.45, 2.75) is 20.8 Å². The summed E-state index contributed by atoms with van der Waals surface area (Å²) >= 11 is 0. The highest BCUT2D eigenvalue weighted by atomic mass is 32.2. The first-order valence-corrected chi connectivity index (χ1v) is 6.14. The average Bonchev–Trinajstić information content (AvgIpc) is 2.68. The quantitative estimate of drug-likeness (QED) is 0.658. The molecule has 0 bridgehead atoms. The maximum atomic E-state index is 9.94. The van der Waals surface area contributed by atoms with Gasteiger partial charge in [-0.15, -0.1) is 0 Å². The number of aryl methyl sites for hydroxylation is 3. The van der Waals surface area contributed by atoms with Gasteiger partial charge in [-0.25, -0.2) is 9.98 Å². The molecule has 0 amide bonds. The van der Waals surface area contributed by atoms with Crippen molar-refractivity contribution in [2.75, 3.05) is 0 Å². The minimum absolute atomic E-state index is 0.148. The van der Waals surface area contributed by atoms with Gasteiger partial charge >= 0.3 is 0 Å². The van der Waals surface area contributed by atoms with Gasteiger partial charge in [-0.05, 0) is 20.8 Å². The van der Waals surface area contributed by atoms with Crippen LogP contribution in [0.4, 0.5) is 0 Å². The molecule has 4 nitrogen and oxygen atoms in total. The first-order chi connectivity index (χ1) is 7.99. The summed E-state index contributed by atoms with van der Waals surface area (Å²) in [6.45, 7) is 6.38. The van der Waals surface area contributed by atoms with Gasteiger partial charge in [0, 0.05) is 12.4 Å². The maximum Gasteiger partial charge on any atom is 0.275 e. The SMILES string of the molecule is Cc1cc(C)cc(C)c1.O=S(=O)=C1N=CC=N1. The summed E-state index contributed by atoms with van der Waals surface area (Å²) in [6.07, 6.45) is 2.65. The van der Waals surface area contributed by atoms with E-state index in [4.69, 9.17) is 0 Å². The lowest BCUT2D eigenvalue weighted by Gasteiger charge is -1.96. The Morgan fingerprint density at radius 2 is 1.18 bits per heavy atom. The van der Waals surface area contributed by atoms with Crippen LogP contribution >= 0.6 is 0 Å². The summed E-state index contributed by atoms with van der Waals surface area (Å²) < 4.78 is 19.9. The summed E-state index contributed by atoms with van der Waals surface area (Å²) in [6, 6.07) is 6.56. The normalized spacial score (nSPS) is 12.3. The van der Waals surface area contributed by atoms with E-state index in [1.807, 2.05) is 0 Å². The molecular weight excluding hydrogens is 236 g/mol. The molecule has 0 N–H and O–H groups in total. The minimum Gasteiger partial charge on any atom is -0.222 e. The lowest BCUT2D eigenvalue weighted by molar-refractivity contribution is 0.626. The van der Waals surface area contributed by atoms with Crippen molar-refractivity contribution < 1.29 is 8.42 Å². The van der Waals surface area contributed by atoms with Crippen molar-refractivity contribution >= 4 is 27.8 Å². The second-order valence-corrected chi connectivity index (χ2v) is 4.57. The third kappa shape index (κ3) is 4.74. The van der Waals surface area contributed by atoms with Crippen molar-refractivity contribution in [3.63, 3.8) is 0 Å². The summed E-state index contributed by atoms with van der Waals surface area (Å²) in [7, 11) is -2.27. The van der Waals surface area contributed by atoms with E-state index >= 15 is 0 Å². The second kappa shape index (κ2) is 6.10. The van der Waals surface area contributed by atoms with Gasteiger partial charge in [0.15, 0.2) is 0 Å². The summed E-state index contributed by atoms with van der Waals surface area (Å²) in [5.74, 6) is 0. The molecule has 90 valence electrons. The van der Waals surface area contributed by atoms with Gasteiger partial charge in [-0.3, -0.25) is 0 Å². The van der Waals surface area contributed by atoms with E-state index < -0.39 is 10.3 Å². The zero-order valence-corrected chi connectivity index (χ0v) is 10.8. The molecule has 0 aliphatic carbocycles. The highest BCUT2D eigenvalue weighted by molar-refractivity contribution is 7.73. The topological polar surface area (TPSA) is 58.9 Å². The Balaban J connectivity index is 0.000000171. The molecule has 0 spiro atoms. The molecule has 0 saturated carbocycles. The molecule has 0 saturated heterocycles. The van der Waals surface area contributed by atoms with Crippen molar-refractivity contribution in [3.8, 4) is 0 Å². The highest BCUT2D eigenvalue weighted by Gasteiger charge is 1.94. The van der Waals surface area contributed by atoms with E-state index in [2.05, 4.69) is 49.0 Å². The van der Waals surface area contributed by atoms with Gasteiger partial charge in [0.2, 0.25) is 0 Å². The molecule has 1 heterocycles. The predicted molar refractivity (Wildman–Crippen MR) is 71.6 cm³/mol. The zero-order chi connectivity index (χ0) is 12.8. The molecule has 0 fully saturated rings. The predicted octanol–water partition coefficient (Wildman–Crippen LogP) is 1.72. The van der Waals surface area contributed by atoms with E-state index in [9.17, 15) is 8.42 Å². The van der Waals surface area contributed by atoms with Crippen LogP contribution in [0.3, 0.4) is 0 Å². The summed E-state index contributed by atoms with van der Waals surface area (Å²) in [5, 5.41) is -0.148. The van der Waals surface area contributed by atoms with Crippen molar-refractivity contribution in [3.05, 3.63) is 34.9 Å². The van der Waals surface area contributed by atoms with Crippen LogP contribution in [0.25, 0.3) is 0 Å². The van der Waals surface area contributed by atoms with Crippen molar-refractivity contribution in [1.82, 2.24) is 0 Å². The molecule has 5 heteroatoms. The van der Waals surface area contributed by atoms with Gasteiger partial charge in [0.25, 0.3) is 15.4 Å². The van der Waals surface area contributed by atoms with Crippen LogP contribution in [0, 0.1) is 20.8 Å². The van der Waals surface area contributed by atoms with E-state index in [-0.39, 0.29) is 5.11 Å².